The molecule has 1 N–H and O–H groups in total. The fraction of sp³-hybridized carbons (Fsp3) is 0. The number of hydrogen-bond acceptors (Lipinski definition) is 5. The lowest BCUT2D eigenvalue weighted by molar-refractivity contribution is -0.120. The number of benzene rings is 4. The number of nitrogens with zero attached hydrogens (tertiary/aromatic N) is 2. The van der Waals surface area contributed by atoms with E-state index in [-0.39, 0.29) is 10.7 Å². The third-order valence-electron chi connectivity index (χ3n) is 5.44. The second kappa shape index (κ2) is 9.40. The van der Waals surface area contributed by atoms with Gasteiger partial charge >= 0.3 is 5.97 Å². The van der Waals surface area contributed by atoms with Crippen LogP contribution in [0.3, 0.4) is 0 Å². The Hall–Kier alpha value is -4.49. The highest BCUT2D eigenvalue weighted by Crippen LogP contribution is 2.35. The molecule has 0 unspecified atom stereocenters. The first-order chi connectivity index (χ1) is 17.0. The summed E-state index contributed by atoms with van der Waals surface area (Å²) in [5, 5.41) is 11.5. The van der Waals surface area contributed by atoms with Gasteiger partial charge in [-0.1, -0.05) is 54.6 Å². The average molecular weight is 479 g/mol. The predicted molar refractivity (Wildman–Crippen MR) is 138 cm³/mol. The van der Waals surface area contributed by atoms with Crippen molar-refractivity contribution >= 4 is 57.2 Å². The highest BCUT2D eigenvalue weighted by atomic mass is 32.2. The normalized spacial score (nSPS) is 15.8. The van der Waals surface area contributed by atoms with Crippen LogP contribution in [-0.4, -0.2) is 33.0 Å². The number of thioether (sulfide) groups is 1. The molecule has 170 valence electrons. The smallest absolute Gasteiger partial charge is 0.335 e. The van der Waals surface area contributed by atoms with E-state index in [1.54, 1.807) is 36.4 Å². The van der Waals surface area contributed by atoms with Crippen molar-refractivity contribution in [3.05, 3.63) is 119 Å². The molecule has 0 radical (unpaired) electrons. The molecule has 0 spiro atoms. The Labute approximate surface area is 205 Å². The number of aromatic carboxylic acids is 1. The van der Waals surface area contributed by atoms with Gasteiger partial charge in [0.25, 0.3) is 11.8 Å². The summed E-state index contributed by atoms with van der Waals surface area (Å²) in [6, 6.07) is 28.3. The Morgan fingerprint density at radius 3 is 2.20 bits per heavy atom. The maximum Gasteiger partial charge on any atom is 0.335 e. The van der Waals surface area contributed by atoms with Crippen molar-refractivity contribution in [3.8, 4) is 0 Å². The van der Waals surface area contributed by atoms with Gasteiger partial charge in [-0.3, -0.25) is 9.59 Å². The zero-order valence-electron chi connectivity index (χ0n) is 18.3. The first kappa shape index (κ1) is 22.3. The summed E-state index contributed by atoms with van der Waals surface area (Å²) in [7, 11) is 0. The van der Waals surface area contributed by atoms with Crippen molar-refractivity contribution in [1.82, 2.24) is 4.90 Å². The number of aliphatic imine (C=N–C) groups is 1. The molecule has 0 bridgehead atoms. The minimum atomic E-state index is -1.05. The highest BCUT2D eigenvalue weighted by molar-refractivity contribution is 8.18. The molecule has 1 saturated heterocycles. The Morgan fingerprint density at radius 1 is 0.800 bits per heavy atom. The molecule has 0 aromatic heterocycles. The molecule has 1 aliphatic rings. The number of carboxylic acid groups (broad SMARTS) is 1. The van der Waals surface area contributed by atoms with Crippen molar-refractivity contribution in [2.24, 2.45) is 4.99 Å². The number of carboxylic acids is 1. The van der Waals surface area contributed by atoms with Crippen LogP contribution in [0.5, 0.6) is 0 Å². The summed E-state index contributed by atoms with van der Waals surface area (Å²) in [5.41, 5.74) is 1.75. The molecule has 7 heteroatoms. The van der Waals surface area contributed by atoms with Gasteiger partial charge in [-0.05, 0) is 76.6 Å². The molecule has 6 nitrogen and oxygen atoms in total. The molecular weight excluding hydrogens is 460 g/mol. The van der Waals surface area contributed by atoms with Gasteiger partial charge in [0, 0.05) is 5.56 Å². The second-order valence-electron chi connectivity index (χ2n) is 7.78. The molecule has 0 atom stereocenters. The molecule has 5 rings (SSSR count). The number of imide groups is 1. The topological polar surface area (TPSA) is 87.0 Å². The minimum Gasteiger partial charge on any atom is -0.478 e. The minimum absolute atomic E-state index is 0.123. The van der Waals surface area contributed by atoms with Crippen molar-refractivity contribution in [2.75, 3.05) is 0 Å². The Balaban J connectivity index is 1.55. The molecule has 35 heavy (non-hydrogen) atoms. The van der Waals surface area contributed by atoms with Crippen molar-refractivity contribution in [1.29, 1.82) is 0 Å². The largest absolute Gasteiger partial charge is 0.478 e. The van der Waals surface area contributed by atoms with Gasteiger partial charge in [0.1, 0.15) is 0 Å². The van der Waals surface area contributed by atoms with E-state index >= 15 is 0 Å². The van der Waals surface area contributed by atoms with Gasteiger partial charge in [0.15, 0.2) is 5.17 Å². The first-order valence-corrected chi connectivity index (χ1v) is 11.6. The van der Waals surface area contributed by atoms with E-state index in [4.69, 9.17) is 5.11 Å². The standard InChI is InChI=1S/C28H18N2O4S/c31-25(20-7-2-1-3-8-20)30-26(32)24(17-18-10-11-19-6-4-5-9-22(19)16-18)35-28(30)29-23-14-12-21(13-15-23)27(33)34/h1-17H,(H,33,34). The third kappa shape index (κ3) is 4.62. The van der Waals surface area contributed by atoms with Crippen LogP contribution in [0.25, 0.3) is 16.8 Å². The summed E-state index contributed by atoms with van der Waals surface area (Å²) in [4.78, 5) is 43.8. The molecular formula is C28H18N2O4S. The Morgan fingerprint density at radius 2 is 1.49 bits per heavy atom. The number of fused-ring (bicyclic) bond motifs is 1. The third-order valence-corrected chi connectivity index (χ3v) is 6.41. The Bertz CT molecular complexity index is 1530. The first-order valence-electron chi connectivity index (χ1n) is 10.7. The summed E-state index contributed by atoms with van der Waals surface area (Å²) in [6.07, 6.45) is 1.75. The van der Waals surface area contributed by atoms with Crippen LogP contribution in [0.4, 0.5) is 5.69 Å². The van der Waals surface area contributed by atoms with Gasteiger partial charge in [0.05, 0.1) is 16.2 Å². The molecule has 0 saturated carbocycles. The highest BCUT2D eigenvalue weighted by Gasteiger charge is 2.38. The van der Waals surface area contributed by atoms with Gasteiger partial charge in [0.2, 0.25) is 0 Å². The zero-order valence-corrected chi connectivity index (χ0v) is 19.1. The predicted octanol–water partition coefficient (Wildman–Crippen LogP) is 5.98. The molecule has 1 heterocycles. The summed E-state index contributed by atoms with van der Waals surface area (Å²) in [6.45, 7) is 0. The van der Waals surface area contributed by atoms with Gasteiger partial charge in [-0.15, -0.1) is 0 Å². The quantitative estimate of drug-likeness (QED) is 0.288. The lowest BCUT2D eigenvalue weighted by atomic mass is 10.1. The fourth-order valence-corrected chi connectivity index (χ4v) is 4.65. The van der Waals surface area contributed by atoms with Crippen LogP contribution in [0.1, 0.15) is 26.3 Å². The molecule has 1 fully saturated rings. The SMILES string of the molecule is O=C(O)c1ccc(N=C2SC(=Cc3ccc4ccccc4c3)C(=O)N2C(=O)c2ccccc2)cc1. The van der Waals surface area contributed by atoms with Crippen LogP contribution in [0.2, 0.25) is 0 Å². The van der Waals surface area contributed by atoms with Crippen LogP contribution >= 0.6 is 11.8 Å². The van der Waals surface area contributed by atoms with Gasteiger partial charge < -0.3 is 5.11 Å². The van der Waals surface area contributed by atoms with Crippen LogP contribution in [0.15, 0.2) is 107 Å². The van der Waals surface area contributed by atoms with E-state index in [1.165, 1.54) is 24.3 Å². The monoisotopic (exact) mass is 478 g/mol. The van der Waals surface area contributed by atoms with Crippen molar-refractivity contribution in [3.63, 3.8) is 0 Å². The lowest BCUT2D eigenvalue weighted by Gasteiger charge is -2.13. The Kier molecular flexibility index (Phi) is 5.99. The number of carbonyl (C=O) groups is 3. The van der Waals surface area contributed by atoms with Crippen LogP contribution < -0.4 is 0 Å². The van der Waals surface area contributed by atoms with Crippen LogP contribution in [-0.2, 0) is 4.79 Å². The second-order valence-corrected chi connectivity index (χ2v) is 8.78. The molecule has 4 aromatic rings. The average Bonchev–Trinajstić information content (AvgIpc) is 3.18. The molecule has 0 aliphatic carbocycles. The molecule has 4 aromatic carbocycles. The maximum atomic E-state index is 13.4. The summed E-state index contributed by atoms with van der Waals surface area (Å²) >= 11 is 1.11. The zero-order chi connectivity index (χ0) is 24.4. The van der Waals surface area contributed by atoms with Crippen LogP contribution in [0, 0.1) is 0 Å². The van der Waals surface area contributed by atoms with Gasteiger partial charge in [-0.2, -0.15) is 0 Å². The van der Waals surface area contributed by atoms with Crippen molar-refractivity contribution in [2.45, 2.75) is 0 Å². The number of amidine groups is 1. The van der Waals surface area contributed by atoms with E-state index in [0.717, 1.165) is 33.0 Å². The molecule has 1 aliphatic heterocycles. The van der Waals surface area contributed by atoms with E-state index in [9.17, 15) is 14.4 Å². The van der Waals surface area contributed by atoms with E-state index in [0.29, 0.717) is 16.2 Å². The van der Waals surface area contributed by atoms with Gasteiger partial charge in [-0.25, -0.2) is 14.7 Å². The van der Waals surface area contributed by atoms with E-state index < -0.39 is 17.8 Å². The van der Waals surface area contributed by atoms with Crippen molar-refractivity contribution < 1.29 is 19.5 Å². The summed E-state index contributed by atoms with van der Waals surface area (Å²) < 4.78 is 0. The van der Waals surface area contributed by atoms with E-state index in [2.05, 4.69) is 4.99 Å². The number of rotatable bonds is 4. The van der Waals surface area contributed by atoms with E-state index in [1.807, 2.05) is 42.5 Å². The number of amides is 2. The number of hydrogen-bond donors (Lipinski definition) is 1. The fourth-order valence-electron chi connectivity index (χ4n) is 3.68. The summed E-state index contributed by atoms with van der Waals surface area (Å²) in [5.74, 6) is -1.99. The molecule has 2 amide bonds. The maximum absolute atomic E-state index is 13.4. The lowest BCUT2D eigenvalue weighted by Crippen LogP contribution is -2.35. The number of carbonyl (C=O) groups excluding carboxylic acids is 2.